The molecule has 0 saturated carbocycles. The summed E-state index contributed by atoms with van der Waals surface area (Å²) in [6.45, 7) is 1.16. The summed E-state index contributed by atoms with van der Waals surface area (Å²) >= 11 is 6.10. The maximum Gasteiger partial charge on any atom is 0.435 e. The number of methoxy groups -OCH3 is 1. The molecule has 0 spiro atoms. The Morgan fingerprint density at radius 2 is 1.77 bits per heavy atom. The van der Waals surface area contributed by atoms with E-state index in [1.165, 1.54) is 49.6 Å². The molecule has 11 heteroatoms. The molecule has 1 aromatic heterocycles. The Hall–Kier alpha value is -2.85. The molecule has 3 rings (SSSR count). The molecule has 0 bridgehead atoms. The molecule has 0 unspecified atom stereocenters. The predicted molar refractivity (Wildman–Crippen MR) is 108 cm³/mol. The summed E-state index contributed by atoms with van der Waals surface area (Å²) in [5.74, 6) is -0.837. The minimum Gasteiger partial charge on any atom is -0.495 e. The molecule has 0 saturated heterocycles. The first-order valence-corrected chi connectivity index (χ1v) is 10.8. The summed E-state index contributed by atoms with van der Waals surface area (Å²) in [4.78, 5) is 11.1. The van der Waals surface area contributed by atoms with Gasteiger partial charge in [-0.1, -0.05) is 23.7 Å². The molecule has 0 aliphatic carbocycles. The van der Waals surface area contributed by atoms with Crippen LogP contribution in [0.2, 0.25) is 5.02 Å². The molecule has 0 amide bonds. The van der Waals surface area contributed by atoms with Crippen molar-refractivity contribution in [1.29, 1.82) is 0 Å². The van der Waals surface area contributed by atoms with Crippen LogP contribution in [0.15, 0.2) is 53.4 Å². The topological polar surface area (TPSA) is 78.3 Å². The standard InChI is InChI=1S/C20H16ClF3N2O4S/c1-12(27)11-31(28,29)15-6-3-13(4-7-15)17-10-19(20(22,23)24)25-26(17)14-5-8-18(30-2)16(21)9-14/h3-10H,11H2,1-2H3. The minimum absolute atomic E-state index is 0.0732. The number of hydrogen-bond acceptors (Lipinski definition) is 5. The monoisotopic (exact) mass is 472 g/mol. The van der Waals surface area contributed by atoms with Crippen LogP contribution in [0.25, 0.3) is 16.9 Å². The number of alkyl halides is 3. The zero-order valence-corrected chi connectivity index (χ0v) is 17.8. The van der Waals surface area contributed by atoms with Crippen LogP contribution >= 0.6 is 11.6 Å². The molecule has 0 atom stereocenters. The molecular weight excluding hydrogens is 457 g/mol. The number of benzene rings is 2. The Morgan fingerprint density at radius 3 is 2.29 bits per heavy atom. The van der Waals surface area contributed by atoms with Crippen LogP contribution < -0.4 is 4.74 Å². The third-order valence-electron chi connectivity index (χ3n) is 4.28. The second kappa shape index (κ2) is 8.35. The van der Waals surface area contributed by atoms with Gasteiger partial charge in [0.05, 0.1) is 28.4 Å². The van der Waals surface area contributed by atoms with Crippen molar-refractivity contribution in [3.8, 4) is 22.7 Å². The Morgan fingerprint density at radius 1 is 1.13 bits per heavy atom. The van der Waals surface area contributed by atoms with Crippen molar-refractivity contribution in [2.24, 2.45) is 0 Å². The van der Waals surface area contributed by atoms with E-state index in [0.29, 0.717) is 5.75 Å². The molecule has 2 aromatic carbocycles. The number of sulfone groups is 1. The van der Waals surface area contributed by atoms with Crippen LogP contribution in [0.5, 0.6) is 5.75 Å². The number of ether oxygens (including phenoxy) is 1. The van der Waals surface area contributed by atoms with Crippen LogP contribution in [0.4, 0.5) is 13.2 Å². The highest BCUT2D eigenvalue weighted by Crippen LogP contribution is 2.35. The van der Waals surface area contributed by atoms with Crippen LogP contribution in [-0.2, 0) is 20.8 Å². The van der Waals surface area contributed by atoms with Gasteiger partial charge in [0, 0.05) is 5.56 Å². The van der Waals surface area contributed by atoms with Crippen molar-refractivity contribution in [2.75, 3.05) is 12.9 Å². The van der Waals surface area contributed by atoms with Crippen LogP contribution in [-0.4, -0.2) is 36.8 Å². The Labute approximate surface area is 181 Å². The van der Waals surface area contributed by atoms with Crippen LogP contribution in [0.1, 0.15) is 12.6 Å². The van der Waals surface area contributed by atoms with E-state index in [-0.39, 0.29) is 26.9 Å². The fourth-order valence-electron chi connectivity index (χ4n) is 2.89. The Balaban J connectivity index is 2.11. The fourth-order valence-corrected chi connectivity index (χ4v) is 4.40. The Kier molecular flexibility index (Phi) is 6.15. The summed E-state index contributed by atoms with van der Waals surface area (Å²) < 4.78 is 70.5. The highest BCUT2D eigenvalue weighted by Gasteiger charge is 2.35. The maximum absolute atomic E-state index is 13.3. The van der Waals surface area contributed by atoms with Crippen LogP contribution in [0.3, 0.4) is 0 Å². The lowest BCUT2D eigenvalue weighted by Gasteiger charge is -2.10. The number of carbonyl (C=O) groups excluding carboxylic acids is 1. The van der Waals surface area contributed by atoms with Crippen molar-refractivity contribution in [3.63, 3.8) is 0 Å². The molecule has 0 N–H and O–H groups in total. The van der Waals surface area contributed by atoms with Crippen LogP contribution in [0, 0.1) is 0 Å². The van der Waals surface area contributed by atoms with Gasteiger partial charge in [-0.25, -0.2) is 13.1 Å². The zero-order valence-electron chi connectivity index (χ0n) is 16.3. The largest absolute Gasteiger partial charge is 0.495 e. The lowest BCUT2D eigenvalue weighted by Crippen LogP contribution is -2.13. The predicted octanol–water partition coefficient (Wildman–Crippen LogP) is 4.58. The molecule has 1 heterocycles. The van der Waals surface area contributed by atoms with E-state index in [4.69, 9.17) is 16.3 Å². The summed E-state index contributed by atoms with van der Waals surface area (Å²) in [6, 6.07) is 10.4. The van der Waals surface area contributed by atoms with E-state index < -0.39 is 33.2 Å². The van der Waals surface area contributed by atoms with Gasteiger partial charge in [-0.3, -0.25) is 4.79 Å². The second-order valence-electron chi connectivity index (χ2n) is 6.63. The number of nitrogens with zero attached hydrogens (tertiary/aromatic N) is 2. The molecule has 31 heavy (non-hydrogen) atoms. The van der Waals surface area contributed by atoms with Gasteiger partial charge in [0.2, 0.25) is 0 Å². The molecule has 0 aliphatic rings. The SMILES string of the molecule is COc1ccc(-n2nc(C(F)(F)F)cc2-c2ccc(S(=O)(=O)CC(C)=O)cc2)cc1Cl. The first-order valence-electron chi connectivity index (χ1n) is 8.76. The summed E-state index contributed by atoms with van der Waals surface area (Å²) in [6.07, 6.45) is -4.69. The third kappa shape index (κ3) is 4.91. The number of rotatable bonds is 6. The van der Waals surface area contributed by atoms with E-state index in [1.54, 1.807) is 0 Å². The van der Waals surface area contributed by atoms with E-state index in [0.717, 1.165) is 17.7 Å². The highest BCUT2D eigenvalue weighted by molar-refractivity contribution is 7.92. The molecule has 6 nitrogen and oxygen atoms in total. The minimum atomic E-state index is -4.69. The number of Topliss-reactive ketones (excluding diaryl/α,β-unsaturated/α-hetero) is 1. The summed E-state index contributed by atoms with van der Waals surface area (Å²) in [7, 11) is -2.43. The number of ketones is 1. The second-order valence-corrected chi connectivity index (χ2v) is 9.03. The molecular formula is C20H16ClF3N2O4S. The smallest absolute Gasteiger partial charge is 0.435 e. The third-order valence-corrected chi connectivity index (χ3v) is 6.35. The Bertz CT molecular complexity index is 1240. The quantitative estimate of drug-likeness (QED) is 0.524. The molecule has 0 fully saturated rings. The van der Waals surface area contributed by atoms with Gasteiger partial charge in [0.25, 0.3) is 0 Å². The lowest BCUT2D eigenvalue weighted by atomic mass is 10.1. The molecule has 0 aliphatic heterocycles. The van der Waals surface area contributed by atoms with Gasteiger partial charge < -0.3 is 4.74 Å². The lowest BCUT2D eigenvalue weighted by molar-refractivity contribution is -0.141. The van der Waals surface area contributed by atoms with E-state index >= 15 is 0 Å². The van der Waals surface area contributed by atoms with Crippen molar-refractivity contribution in [1.82, 2.24) is 9.78 Å². The van der Waals surface area contributed by atoms with Gasteiger partial charge in [0.1, 0.15) is 17.3 Å². The first-order chi connectivity index (χ1) is 14.4. The van der Waals surface area contributed by atoms with E-state index in [1.807, 2.05) is 0 Å². The number of carbonyl (C=O) groups is 1. The number of hydrogen-bond donors (Lipinski definition) is 0. The molecule has 164 valence electrons. The average molecular weight is 473 g/mol. The van der Waals surface area contributed by atoms with Gasteiger partial charge in [-0.2, -0.15) is 18.3 Å². The van der Waals surface area contributed by atoms with Gasteiger partial charge in [0.15, 0.2) is 15.5 Å². The fraction of sp³-hybridized carbons (Fsp3) is 0.200. The number of halogens is 4. The van der Waals surface area contributed by atoms with Crippen molar-refractivity contribution >= 4 is 27.2 Å². The molecule has 3 aromatic rings. The number of aromatic nitrogens is 2. The van der Waals surface area contributed by atoms with E-state index in [9.17, 15) is 26.4 Å². The van der Waals surface area contributed by atoms with Crippen molar-refractivity contribution in [3.05, 3.63) is 59.2 Å². The van der Waals surface area contributed by atoms with Gasteiger partial charge in [-0.05, 0) is 43.3 Å². The zero-order chi connectivity index (χ0) is 23.0. The summed E-state index contributed by atoms with van der Waals surface area (Å²) in [5.41, 5.74) is -0.506. The maximum atomic E-state index is 13.3. The van der Waals surface area contributed by atoms with Gasteiger partial charge >= 0.3 is 6.18 Å². The highest BCUT2D eigenvalue weighted by atomic mass is 35.5. The first kappa shape index (κ1) is 22.8. The summed E-state index contributed by atoms with van der Waals surface area (Å²) in [5, 5.41) is 3.85. The molecule has 0 radical (unpaired) electrons. The van der Waals surface area contributed by atoms with Crippen molar-refractivity contribution in [2.45, 2.75) is 18.0 Å². The van der Waals surface area contributed by atoms with Crippen molar-refractivity contribution < 1.29 is 31.1 Å². The van der Waals surface area contributed by atoms with E-state index in [2.05, 4.69) is 5.10 Å². The normalized spacial score (nSPS) is 12.1. The average Bonchev–Trinajstić information content (AvgIpc) is 3.13. The van der Waals surface area contributed by atoms with Gasteiger partial charge in [-0.15, -0.1) is 0 Å².